The fourth-order valence-corrected chi connectivity index (χ4v) is 1.53. The molecule has 2 aromatic rings. The van der Waals surface area contributed by atoms with E-state index >= 15 is 0 Å². The number of amides is 1. The topological polar surface area (TPSA) is 42.0 Å². The van der Waals surface area contributed by atoms with Crippen molar-refractivity contribution < 1.29 is 4.79 Å². The molecule has 0 saturated heterocycles. The fourth-order valence-electron chi connectivity index (χ4n) is 1.53. The Bertz CT molecular complexity index is 520. The molecular formula is C12H12N2O. The minimum Gasteiger partial charge on any atom is -0.355 e. The van der Waals surface area contributed by atoms with Gasteiger partial charge in [-0.1, -0.05) is 0 Å². The SMILES string of the molecule is CNC(=O)c1ccc2ncc(C)cc2c1. The Morgan fingerprint density at radius 1 is 1.33 bits per heavy atom. The number of rotatable bonds is 1. The van der Waals surface area contributed by atoms with Crippen LogP contribution in [0.3, 0.4) is 0 Å². The molecule has 3 heteroatoms. The zero-order valence-electron chi connectivity index (χ0n) is 8.74. The quantitative estimate of drug-likeness (QED) is 0.764. The van der Waals surface area contributed by atoms with Crippen molar-refractivity contribution in [1.29, 1.82) is 0 Å². The average Bonchev–Trinajstić information content (AvgIpc) is 2.27. The van der Waals surface area contributed by atoms with E-state index in [0.29, 0.717) is 5.56 Å². The maximum atomic E-state index is 11.4. The summed E-state index contributed by atoms with van der Waals surface area (Å²) in [7, 11) is 1.63. The molecule has 0 radical (unpaired) electrons. The predicted molar refractivity (Wildman–Crippen MR) is 59.9 cm³/mol. The highest BCUT2D eigenvalue weighted by atomic mass is 16.1. The number of carbonyl (C=O) groups is 1. The second kappa shape index (κ2) is 3.69. The van der Waals surface area contributed by atoms with E-state index in [1.54, 1.807) is 13.1 Å². The molecule has 1 amide bonds. The Balaban J connectivity index is 2.59. The van der Waals surface area contributed by atoms with E-state index in [9.17, 15) is 4.79 Å². The number of carbonyl (C=O) groups excluding carboxylic acids is 1. The first kappa shape index (κ1) is 9.65. The fraction of sp³-hybridized carbons (Fsp3) is 0.167. The third kappa shape index (κ3) is 1.81. The summed E-state index contributed by atoms with van der Waals surface area (Å²) in [6, 6.07) is 7.52. The molecule has 1 aromatic heterocycles. The van der Waals surface area contributed by atoms with Gasteiger partial charge in [0.25, 0.3) is 5.91 Å². The van der Waals surface area contributed by atoms with Gasteiger partial charge in [0, 0.05) is 24.2 Å². The van der Waals surface area contributed by atoms with Crippen molar-refractivity contribution in [3.05, 3.63) is 41.6 Å². The summed E-state index contributed by atoms with van der Waals surface area (Å²) >= 11 is 0. The molecular weight excluding hydrogens is 188 g/mol. The molecule has 76 valence electrons. The Labute approximate surface area is 88.1 Å². The zero-order valence-corrected chi connectivity index (χ0v) is 8.74. The van der Waals surface area contributed by atoms with E-state index < -0.39 is 0 Å². The van der Waals surface area contributed by atoms with Gasteiger partial charge in [0.15, 0.2) is 0 Å². The Morgan fingerprint density at radius 2 is 2.13 bits per heavy atom. The lowest BCUT2D eigenvalue weighted by atomic mass is 10.1. The van der Waals surface area contributed by atoms with Gasteiger partial charge >= 0.3 is 0 Å². The summed E-state index contributed by atoms with van der Waals surface area (Å²) in [6.45, 7) is 1.99. The molecule has 1 N–H and O–H groups in total. The molecule has 0 aliphatic heterocycles. The largest absolute Gasteiger partial charge is 0.355 e. The van der Waals surface area contributed by atoms with Gasteiger partial charge in [-0.2, -0.15) is 0 Å². The highest BCUT2D eigenvalue weighted by Gasteiger charge is 2.04. The Kier molecular flexibility index (Phi) is 2.37. The molecule has 0 atom stereocenters. The summed E-state index contributed by atoms with van der Waals surface area (Å²) in [4.78, 5) is 15.7. The van der Waals surface area contributed by atoms with Crippen molar-refractivity contribution in [3.8, 4) is 0 Å². The van der Waals surface area contributed by atoms with E-state index in [2.05, 4.69) is 10.3 Å². The van der Waals surface area contributed by atoms with Crippen LogP contribution in [-0.2, 0) is 0 Å². The van der Waals surface area contributed by atoms with Crippen LogP contribution in [0.4, 0.5) is 0 Å². The molecule has 0 fully saturated rings. The van der Waals surface area contributed by atoms with Crippen LogP contribution in [0.1, 0.15) is 15.9 Å². The summed E-state index contributed by atoms with van der Waals surface area (Å²) in [6.07, 6.45) is 1.82. The number of benzene rings is 1. The van der Waals surface area contributed by atoms with E-state index in [0.717, 1.165) is 16.5 Å². The van der Waals surface area contributed by atoms with Crippen molar-refractivity contribution in [2.75, 3.05) is 7.05 Å². The smallest absolute Gasteiger partial charge is 0.251 e. The predicted octanol–water partition coefficient (Wildman–Crippen LogP) is 1.90. The van der Waals surface area contributed by atoms with Crippen LogP contribution in [-0.4, -0.2) is 17.9 Å². The average molecular weight is 200 g/mol. The third-order valence-electron chi connectivity index (χ3n) is 2.31. The zero-order chi connectivity index (χ0) is 10.8. The maximum Gasteiger partial charge on any atom is 0.251 e. The molecule has 0 unspecified atom stereocenters. The van der Waals surface area contributed by atoms with Crippen LogP contribution in [0.2, 0.25) is 0 Å². The molecule has 0 saturated carbocycles. The van der Waals surface area contributed by atoms with Gasteiger partial charge in [0.1, 0.15) is 0 Å². The molecule has 0 spiro atoms. The monoisotopic (exact) mass is 200 g/mol. The van der Waals surface area contributed by atoms with Crippen LogP contribution in [0.25, 0.3) is 10.9 Å². The van der Waals surface area contributed by atoms with Crippen LogP contribution < -0.4 is 5.32 Å². The number of pyridine rings is 1. The van der Waals surface area contributed by atoms with Crippen molar-refractivity contribution in [2.45, 2.75) is 6.92 Å². The van der Waals surface area contributed by atoms with Gasteiger partial charge in [-0.25, -0.2) is 0 Å². The standard InChI is InChI=1S/C12H12N2O/c1-8-5-10-6-9(12(15)13-2)3-4-11(10)14-7-8/h3-7H,1-2H3,(H,13,15). The number of aryl methyl sites for hydroxylation is 1. The van der Waals surface area contributed by atoms with E-state index in [1.165, 1.54) is 0 Å². The second-order valence-corrected chi connectivity index (χ2v) is 3.50. The first-order valence-electron chi connectivity index (χ1n) is 4.79. The van der Waals surface area contributed by atoms with Gasteiger partial charge in [-0.15, -0.1) is 0 Å². The van der Waals surface area contributed by atoms with Gasteiger partial charge in [0.2, 0.25) is 0 Å². The minimum absolute atomic E-state index is 0.0709. The minimum atomic E-state index is -0.0709. The Hall–Kier alpha value is -1.90. The number of nitrogens with one attached hydrogen (secondary N) is 1. The van der Waals surface area contributed by atoms with Crippen LogP contribution >= 0.6 is 0 Å². The van der Waals surface area contributed by atoms with Gasteiger partial charge in [-0.05, 0) is 36.8 Å². The highest BCUT2D eigenvalue weighted by Crippen LogP contribution is 2.15. The number of aromatic nitrogens is 1. The van der Waals surface area contributed by atoms with Crippen molar-refractivity contribution in [2.24, 2.45) is 0 Å². The number of hydrogen-bond donors (Lipinski definition) is 1. The lowest BCUT2D eigenvalue weighted by Crippen LogP contribution is -2.17. The molecule has 2 rings (SSSR count). The summed E-state index contributed by atoms with van der Waals surface area (Å²) in [5.41, 5.74) is 2.67. The first-order chi connectivity index (χ1) is 7.20. The number of fused-ring (bicyclic) bond motifs is 1. The van der Waals surface area contributed by atoms with E-state index in [-0.39, 0.29) is 5.91 Å². The highest BCUT2D eigenvalue weighted by molar-refractivity contribution is 5.97. The lowest BCUT2D eigenvalue weighted by Gasteiger charge is -2.02. The summed E-state index contributed by atoms with van der Waals surface area (Å²) in [5.74, 6) is -0.0709. The number of hydrogen-bond acceptors (Lipinski definition) is 2. The molecule has 15 heavy (non-hydrogen) atoms. The van der Waals surface area contributed by atoms with Crippen molar-refractivity contribution in [1.82, 2.24) is 10.3 Å². The van der Waals surface area contributed by atoms with E-state index in [4.69, 9.17) is 0 Å². The van der Waals surface area contributed by atoms with Crippen LogP contribution in [0.15, 0.2) is 30.5 Å². The molecule has 1 heterocycles. The second-order valence-electron chi connectivity index (χ2n) is 3.50. The maximum absolute atomic E-state index is 11.4. The van der Waals surface area contributed by atoms with Gasteiger partial charge < -0.3 is 5.32 Å². The third-order valence-corrected chi connectivity index (χ3v) is 2.31. The van der Waals surface area contributed by atoms with E-state index in [1.807, 2.05) is 31.3 Å². The molecule has 3 nitrogen and oxygen atoms in total. The summed E-state index contributed by atoms with van der Waals surface area (Å²) < 4.78 is 0. The van der Waals surface area contributed by atoms with Crippen LogP contribution in [0, 0.1) is 6.92 Å². The number of nitrogens with zero attached hydrogens (tertiary/aromatic N) is 1. The lowest BCUT2D eigenvalue weighted by molar-refractivity contribution is 0.0963. The van der Waals surface area contributed by atoms with Crippen molar-refractivity contribution in [3.63, 3.8) is 0 Å². The first-order valence-corrected chi connectivity index (χ1v) is 4.79. The van der Waals surface area contributed by atoms with Gasteiger partial charge in [0.05, 0.1) is 5.52 Å². The van der Waals surface area contributed by atoms with Gasteiger partial charge in [-0.3, -0.25) is 9.78 Å². The molecule has 0 aliphatic carbocycles. The Morgan fingerprint density at radius 3 is 2.87 bits per heavy atom. The normalized spacial score (nSPS) is 10.3. The molecule has 0 bridgehead atoms. The van der Waals surface area contributed by atoms with Crippen LogP contribution in [0.5, 0.6) is 0 Å². The molecule has 0 aliphatic rings. The molecule has 1 aromatic carbocycles. The summed E-state index contributed by atoms with van der Waals surface area (Å²) in [5, 5.41) is 3.60. The van der Waals surface area contributed by atoms with Crippen molar-refractivity contribution >= 4 is 16.8 Å².